The maximum absolute atomic E-state index is 13.5. The number of hydrogen-bond donors (Lipinski definition) is 0. The third-order valence-corrected chi connectivity index (χ3v) is 5.85. The molecule has 4 nitrogen and oxygen atoms in total. The number of fused-ring (bicyclic) bond motifs is 1. The van der Waals surface area contributed by atoms with Crippen molar-refractivity contribution in [3.8, 4) is 0 Å². The highest BCUT2D eigenvalue weighted by atomic mass is 16.5. The second-order valence-electron chi connectivity index (χ2n) is 7.21. The molecular weight excluding hydrogens is 340 g/mol. The Labute approximate surface area is 159 Å². The first kappa shape index (κ1) is 19.0. The smallest absolute Gasteiger partial charge is 0.307 e. The second kappa shape index (κ2) is 6.76. The molecular formula is C23H24O4. The summed E-state index contributed by atoms with van der Waals surface area (Å²) < 4.78 is 5.13. The number of Topliss-reactive ketones (excluding diaryl/α,β-unsaturated/α-hetero) is 2. The van der Waals surface area contributed by atoms with Gasteiger partial charge in [0.1, 0.15) is 5.41 Å². The fourth-order valence-electron chi connectivity index (χ4n) is 4.03. The number of carbonyl (C=O) groups excluding carboxylic acids is 3. The van der Waals surface area contributed by atoms with Crippen molar-refractivity contribution >= 4 is 17.5 Å². The van der Waals surface area contributed by atoms with E-state index >= 15 is 0 Å². The lowest BCUT2D eigenvalue weighted by Crippen LogP contribution is -2.42. The molecule has 2 aromatic carbocycles. The quantitative estimate of drug-likeness (QED) is 0.603. The zero-order chi connectivity index (χ0) is 19.9. The van der Waals surface area contributed by atoms with Gasteiger partial charge < -0.3 is 4.74 Å². The van der Waals surface area contributed by atoms with E-state index in [9.17, 15) is 14.4 Å². The van der Waals surface area contributed by atoms with Gasteiger partial charge in [-0.3, -0.25) is 14.4 Å². The maximum atomic E-state index is 13.5. The Kier molecular flexibility index (Phi) is 4.77. The Morgan fingerprint density at radius 3 is 2.00 bits per heavy atom. The number of hydrogen-bond acceptors (Lipinski definition) is 4. The summed E-state index contributed by atoms with van der Waals surface area (Å²) in [4.78, 5) is 39.4. The lowest BCUT2D eigenvalue weighted by Gasteiger charge is -2.29. The van der Waals surface area contributed by atoms with Gasteiger partial charge in [-0.15, -0.1) is 0 Å². The highest BCUT2D eigenvalue weighted by Crippen LogP contribution is 2.45. The molecule has 0 aliphatic heterocycles. The van der Waals surface area contributed by atoms with Crippen molar-refractivity contribution in [3.05, 3.63) is 69.3 Å². The molecule has 0 aromatic heterocycles. The predicted octanol–water partition coefficient (Wildman–Crippen LogP) is 4.19. The van der Waals surface area contributed by atoms with Crippen LogP contribution in [0.2, 0.25) is 0 Å². The van der Waals surface area contributed by atoms with Gasteiger partial charge in [0.05, 0.1) is 13.0 Å². The van der Waals surface area contributed by atoms with Crippen molar-refractivity contribution < 1.29 is 19.1 Å². The average Bonchev–Trinajstić information content (AvgIpc) is 2.86. The number of esters is 1. The van der Waals surface area contributed by atoms with Crippen LogP contribution >= 0.6 is 0 Å². The van der Waals surface area contributed by atoms with E-state index in [0.717, 1.165) is 22.3 Å². The van der Waals surface area contributed by atoms with Crippen molar-refractivity contribution in [1.82, 2.24) is 0 Å². The van der Waals surface area contributed by atoms with Crippen molar-refractivity contribution in [2.45, 2.75) is 46.5 Å². The minimum Gasteiger partial charge on any atom is -0.466 e. The minimum atomic E-state index is -1.55. The summed E-state index contributed by atoms with van der Waals surface area (Å²) in [7, 11) is 0. The van der Waals surface area contributed by atoms with E-state index in [4.69, 9.17) is 4.74 Å². The molecule has 27 heavy (non-hydrogen) atoms. The van der Waals surface area contributed by atoms with Gasteiger partial charge in [0, 0.05) is 11.1 Å². The number of ether oxygens (including phenoxy) is 1. The molecule has 0 heterocycles. The third-order valence-electron chi connectivity index (χ3n) is 5.85. The van der Waals surface area contributed by atoms with Gasteiger partial charge in [-0.1, -0.05) is 30.3 Å². The van der Waals surface area contributed by atoms with Gasteiger partial charge >= 0.3 is 5.97 Å². The second-order valence-corrected chi connectivity index (χ2v) is 7.21. The van der Waals surface area contributed by atoms with Crippen LogP contribution in [-0.4, -0.2) is 24.1 Å². The monoisotopic (exact) mass is 364 g/mol. The Balaban J connectivity index is 2.31. The largest absolute Gasteiger partial charge is 0.466 e. The molecule has 0 atom stereocenters. The number of aryl methyl sites for hydroxylation is 1. The fraction of sp³-hybridized carbons (Fsp3) is 0.348. The average molecular weight is 364 g/mol. The number of ketones is 2. The third kappa shape index (κ3) is 2.71. The highest BCUT2D eigenvalue weighted by Gasteiger charge is 2.56. The van der Waals surface area contributed by atoms with Crippen LogP contribution in [0.4, 0.5) is 0 Å². The summed E-state index contributed by atoms with van der Waals surface area (Å²) in [5.74, 6) is -1.17. The van der Waals surface area contributed by atoms with Crippen molar-refractivity contribution in [3.63, 3.8) is 0 Å². The van der Waals surface area contributed by atoms with E-state index in [1.165, 1.54) is 0 Å². The Bertz CT molecular complexity index is 934. The molecule has 0 bridgehead atoms. The molecule has 4 heteroatoms. The predicted molar refractivity (Wildman–Crippen MR) is 103 cm³/mol. The number of benzene rings is 2. The van der Waals surface area contributed by atoms with E-state index < -0.39 is 11.4 Å². The summed E-state index contributed by atoms with van der Waals surface area (Å²) in [5.41, 5.74) is 3.84. The molecule has 0 N–H and O–H groups in total. The first-order valence-corrected chi connectivity index (χ1v) is 9.17. The molecule has 0 spiro atoms. The van der Waals surface area contributed by atoms with Gasteiger partial charge in [0.25, 0.3) is 0 Å². The first-order chi connectivity index (χ1) is 12.8. The lowest BCUT2D eigenvalue weighted by atomic mass is 9.70. The molecule has 1 aliphatic carbocycles. The summed E-state index contributed by atoms with van der Waals surface area (Å²) in [6.07, 6.45) is -0.282. The van der Waals surface area contributed by atoms with Crippen molar-refractivity contribution in [2.75, 3.05) is 6.61 Å². The Morgan fingerprint density at radius 2 is 1.48 bits per heavy atom. The summed E-state index contributed by atoms with van der Waals surface area (Å²) in [6, 6.07) is 8.68. The molecule has 140 valence electrons. The first-order valence-electron chi connectivity index (χ1n) is 9.17. The van der Waals surface area contributed by atoms with Crippen LogP contribution in [0.1, 0.15) is 61.9 Å². The lowest BCUT2D eigenvalue weighted by molar-refractivity contribution is -0.143. The molecule has 0 radical (unpaired) electrons. The van der Waals surface area contributed by atoms with E-state index in [2.05, 4.69) is 0 Å². The molecule has 1 aliphatic rings. The van der Waals surface area contributed by atoms with Gasteiger partial charge in [0.2, 0.25) is 0 Å². The molecule has 0 amide bonds. The normalized spacial score (nSPS) is 15.0. The standard InChI is InChI=1S/C23H24O4/c1-6-27-20(24)12-23(19-11-13(2)14(3)15(4)16(19)5)21(25)17-9-7-8-10-18(17)22(23)26/h7-11H,6,12H2,1-5H3. The zero-order valence-electron chi connectivity index (χ0n) is 16.4. The van der Waals surface area contributed by atoms with Crippen LogP contribution in [0, 0.1) is 27.7 Å². The number of carbonyl (C=O) groups is 3. The molecule has 0 fully saturated rings. The molecule has 0 saturated carbocycles. The van der Waals surface area contributed by atoms with Crippen LogP contribution in [-0.2, 0) is 14.9 Å². The maximum Gasteiger partial charge on any atom is 0.307 e. The van der Waals surface area contributed by atoms with Crippen LogP contribution < -0.4 is 0 Å². The Hall–Kier alpha value is -2.75. The van der Waals surface area contributed by atoms with Crippen LogP contribution in [0.15, 0.2) is 30.3 Å². The summed E-state index contributed by atoms with van der Waals surface area (Å²) in [6.45, 7) is 9.79. The van der Waals surface area contributed by atoms with Gasteiger partial charge in [0.15, 0.2) is 11.6 Å². The minimum absolute atomic E-state index is 0.204. The topological polar surface area (TPSA) is 60.4 Å². The number of rotatable bonds is 4. The molecule has 3 rings (SSSR count). The molecule has 2 aromatic rings. The van der Waals surface area contributed by atoms with Crippen LogP contribution in [0.5, 0.6) is 0 Å². The van der Waals surface area contributed by atoms with Crippen LogP contribution in [0.3, 0.4) is 0 Å². The molecule has 0 saturated heterocycles. The SMILES string of the molecule is CCOC(=O)CC1(c2cc(C)c(C)c(C)c2C)C(=O)c2ccccc2C1=O. The van der Waals surface area contributed by atoms with Crippen molar-refractivity contribution in [2.24, 2.45) is 0 Å². The van der Waals surface area contributed by atoms with Gasteiger partial charge in [-0.25, -0.2) is 0 Å². The van der Waals surface area contributed by atoms with Crippen molar-refractivity contribution in [1.29, 1.82) is 0 Å². The summed E-state index contributed by atoms with van der Waals surface area (Å²) in [5, 5.41) is 0. The highest BCUT2D eigenvalue weighted by molar-refractivity contribution is 6.34. The van der Waals surface area contributed by atoms with E-state index in [0.29, 0.717) is 16.7 Å². The summed E-state index contributed by atoms with van der Waals surface area (Å²) >= 11 is 0. The van der Waals surface area contributed by atoms with E-state index in [1.54, 1.807) is 31.2 Å². The van der Waals surface area contributed by atoms with E-state index in [1.807, 2.05) is 33.8 Å². The Morgan fingerprint density at radius 1 is 0.926 bits per heavy atom. The fourth-order valence-corrected chi connectivity index (χ4v) is 4.03. The molecule has 0 unspecified atom stereocenters. The van der Waals surface area contributed by atoms with Gasteiger partial charge in [-0.05, 0) is 62.4 Å². The van der Waals surface area contributed by atoms with E-state index in [-0.39, 0.29) is 24.6 Å². The zero-order valence-corrected chi connectivity index (χ0v) is 16.4. The van der Waals surface area contributed by atoms with Gasteiger partial charge in [-0.2, -0.15) is 0 Å². The van der Waals surface area contributed by atoms with Crippen LogP contribution in [0.25, 0.3) is 0 Å².